The smallest absolute Gasteiger partial charge is 0.416 e. The van der Waals surface area contributed by atoms with Gasteiger partial charge in [-0.1, -0.05) is 24.3 Å². The van der Waals surface area contributed by atoms with Crippen LogP contribution in [-0.4, -0.2) is 40.1 Å². The number of pyridine rings is 1. The van der Waals surface area contributed by atoms with Crippen molar-refractivity contribution in [3.05, 3.63) is 78.1 Å². The summed E-state index contributed by atoms with van der Waals surface area (Å²) in [4.78, 5) is 3.76. The van der Waals surface area contributed by atoms with Crippen LogP contribution in [0, 0.1) is 0 Å². The first-order chi connectivity index (χ1) is 17.1. The van der Waals surface area contributed by atoms with E-state index in [1.54, 1.807) is 38.1 Å². The second-order valence-corrected chi connectivity index (χ2v) is 9.80. The SMILES string of the molecule is CC(C)N(c1ccc(C(F)(F)F)cc1OCc1ccc(-c2nn[nH]n2)cc1)S(=O)(=O)c1cccnc1. The van der Waals surface area contributed by atoms with Crippen LogP contribution in [0.25, 0.3) is 11.4 Å². The van der Waals surface area contributed by atoms with E-state index in [2.05, 4.69) is 25.6 Å². The predicted octanol–water partition coefficient (Wildman–Crippen LogP) is 4.46. The molecule has 0 atom stereocenters. The molecule has 4 rings (SSSR count). The molecule has 2 aromatic heterocycles. The Morgan fingerprint density at radius 3 is 2.42 bits per heavy atom. The van der Waals surface area contributed by atoms with Crippen LogP contribution in [0.1, 0.15) is 25.0 Å². The van der Waals surface area contributed by atoms with Crippen molar-refractivity contribution in [2.45, 2.75) is 37.6 Å². The highest BCUT2D eigenvalue weighted by Crippen LogP contribution is 2.39. The number of benzene rings is 2. The largest absolute Gasteiger partial charge is 0.487 e. The van der Waals surface area contributed by atoms with Crippen LogP contribution in [0.2, 0.25) is 0 Å². The van der Waals surface area contributed by atoms with Crippen LogP contribution in [-0.2, 0) is 22.8 Å². The second kappa shape index (κ2) is 9.93. The molecule has 0 fully saturated rings. The van der Waals surface area contributed by atoms with Crippen LogP contribution in [0.4, 0.5) is 18.9 Å². The van der Waals surface area contributed by atoms with Crippen molar-refractivity contribution in [2.24, 2.45) is 0 Å². The van der Waals surface area contributed by atoms with E-state index in [0.29, 0.717) is 17.0 Å². The lowest BCUT2D eigenvalue weighted by atomic mass is 10.1. The van der Waals surface area contributed by atoms with E-state index in [4.69, 9.17) is 4.74 Å². The van der Waals surface area contributed by atoms with Crippen LogP contribution in [0.3, 0.4) is 0 Å². The first-order valence-electron chi connectivity index (χ1n) is 10.7. The van der Waals surface area contributed by atoms with E-state index in [0.717, 1.165) is 22.5 Å². The highest BCUT2D eigenvalue weighted by molar-refractivity contribution is 7.92. The lowest BCUT2D eigenvalue weighted by Crippen LogP contribution is -2.37. The van der Waals surface area contributed by atoms with E-state index in [-0.39, 0.29) is 22.9 Å². The molecule has 0 bridgehead atoms. The molecule has 36 heavy (non-hydrogen) atoms. The number of sulfonamides is 1. The molecule has 0 unspecified atom stereocenters. The maximum atomic E-state index is 13.5. The molecular formula is C23H21F3N6O3S. The van der Waals surface area contributed by atoms with Gasteiger partial charge in [-0.2, -0.15) is 18.4 Å². The van der Waals surface area contributed by atoms with E-state index in [9.17, 15) is 21.6 Å². The maximum Gasteiger partial charge on any atom is 0.416 e. The Bertz CT molecular complexity index is 1410. The number of H-pyrrole nitrogens is 1. The highest BCUT2D eigenvalue weighted by Gasteiger charge is 2.34. The Hall–Kier alpha value is -4.00. The number of hydrogen-bond acceptors (Lipinski definition) is 7. The number of rotatable bonds is 8. The first kappa shape index (κ1) is 25.1. The zero-order valence-corrected chi connectivity index (χ0v) is 20.0. The molecule has 1 N–H and O–H groups in total. The van der Waals surface area contributed by atoms with Crippen molar-refractivity contribution in [2.75, 3.05) is 4.31 Å². The third-order valence-corrected chi connectivity index (χ3v) is 7.11. The van der Waals surface area contributed by atoms with Gasteiger partial charge in [0.05, 0.1) is 11.3 Å². The highest BCUT2D eigenvalue weighted by atomic mass is 32.2. The van der Waals surface area contributed by atoms with Crippen molar-refractivity contribution < 1.29 is 26.3 Å². The van der Waals surface area contributed by atoms with Gasteiger partial charge in [-0.15, -0.1) is 10.2 Å². The summed E-state index contributed by atoms with van der Waals surface area (Å²) in [6.45, 7) is 3.12. The van der Waals surface area contributed by atoms with Gasteiger partial charge in [0, 0.05) is 24.0 Å². The summed E-state index contributed by atoms with van der Waals surface area (Å²) in [7, 11) is -4.15. The van der Waals surface area contributed by atoms with Crippen LogP contribution < -0.4 is 9.04 Å². The topological polar surface area (TPSA) is 114 Å². The Kier molecular flexibility index (Phi) is 6.93. The van der Waals surface area contributed by atoms with Gasteiger partial charge < -0.3 is 4.74 Å². The number of nitrogens with one attached hydrogen (secondary N) is 1. The number of alkyl halides is 3. The van der Waals surface area contributed by atoms with Crippen LogP contribution in [0.5, 0.6) is 5.75 Å². The maximum absolute atomic E-state index is 13.5. The Morgan fingerprint density at radius 2 is 1.83 bits per heavy atom. The average molecular weight is 519 g/mol. The van der Waals surface area contributed by atoms with Crippen molar-refractivity contribution >= 4 is 15.7 Å². The zero-order valence-electron chi connectivity index (χ0n) is 19.1. The van der Waals surface area contributed by atoms with Gasteiger partial charge >= 0.3 is 6.18 Å². The standard InChI is InChI=1S/C23H21F3N6O3S/c1-15(2)32(36(33,34)19-4-3-11-27-13-19)20-10-9-18(23(24,25)26)12-21(20)35-14-16-5-7-17(8-6-16)22-28-30-31-29-22/h3-13,15H,14H2,1-2H3,(H,28,29,30,31). The second-order valence-electron chi connectivity index (χ2n) is 7.98. The molecule has 0 spiro atoms. The molecular weight excluding hydrogens is 497 g/mol. The fraction of sp³-hybridized carbons (Fsp3) is 0.217. The number of aromatic amines is 1. The fourth-order valence-electron chi connectivity index (χ4n) is 3.48. The van der Waals surface area contributed by atoms with Crippen molar-refractivity contribution in [3.8, 4) is 17.1 Å². The summed E-state index contributed by atoms with van der Waals surface area (Å²) < 4.78 is 74.1. The molecule has 13 heteroatoms. The molecule has 0 saturated heterocycles. The number of tetrazole rings is 1. The van der Waals surface area contributed by atoms with E-state index >= 15 is 0 Å². The van der Waals surface area contributed by atoms with Gasteiger partial charge in [0.1, 0.15) is 17.3 Å². The van der Waals surface area contributed by atoms with E-state index < -0.39 is 27.8 Å². The van der Waals surface area contributed by atoms with Gasteiger partial charge in [-0.25, -0.2) is 8.42 Å². The Morgan fingerprint density at radius 1 is 1.08 bits per heavy atom. The lowest BCUT2D eigenvalue weighted by Gasteiger charge is -2.30. The minimum atomic E-state index is -4.65. The summed E-state index contributed by atoms with van der Waals surface area (Å²) in [5.74, 6) is 0.157. The molecule has 0 saturated carbocycles. The number of anilines is 1. The average Bonchev–Trinajstić information content (AvgIpc) is 3.38. The van der Waals surface area contributed by atoms with Gasteiger partial charge in [0.25, 0.3) is 10.0 Å². The molecule has 2 heterocycles. The first-order valence-corrected chi connectivity index (χ1v) is 12.1. The van der Waals surface area contributed by atoms with Crippen molar-refractivity contribution in [3.63, 3.8) is 0 Å². The van der Waals surface area contributed by atoms with Crippen LogP contribution in [0.15, 0.2) is 71.9 Å². The monoisotopic (exact) mass is 518 g/mol. The number of halogens is 3. The Labute approximate surface area is 205 Å². The normalized spacial score (nSPS) is 12.1. The van der Waals surface area contributed by atoms with Gasteiger partial charge in [0.2, 0.25) is 5.82 Å². The Balaban J connectivity index is 1.70. The molecule has 0 radical (unpaired) electrons. The predicted molar refractivity (Wildman–Crippen MR) is 124 cm³/mol. The summed E-state index contributed by atoms with van der Waals surface area (Å²) in [6.07, 6.45) is -2.04. The summed E-state index contributed by atoms with van der Waals surface area (Å²) in [5, 5.41) is 13.6. The molecule has 4 aromatic rings. The number of aromatic nitrogens is 5. The molecule has 0 aliphatic rings. The molecule has 0 amide bonds. The minimum absolute atomic E-state index is 0.0229. The molecule has 0 aliphatic carbocycles. The van der Waals surface area contributed by atoms with Crippen molar-refractivity contribution in [1.82, 2.24) is 25.6 Å². The summed E-state index contributed by atoms with van der Waals surface area (Å²) in [6, 6.07) is 11.8. The van der Waals surface area contributed by atoms with Gasteiger partial charge in [-0.05, 0) is 55.0 Å². The molecule has 2 aromatic carbocycles. The zero-order chi connectivity index (χ0) is 25.9. The number of ether oxygens (including phenoxy) is 1. The van der Waals surface area contributed by atoms with E-state index in [1.807, 2.05) is 0 Å². The minimum Gasteiger partial charge on any atom is -0.487 e. The number of nitrogens with zero attached hydrogens (tertiary/aromatic N) is 5. The molecule has 188 valence electrons. The van der Waals surface area contributed by atoms with Gasteiger partial charge in [0.15, 0.2) is 0 Å². The third-order valence-electron chi connectivity index (χ3n) is 5.14. The third kappa shape index (κ3) is 5.30. The molecule has 0 aliphatic heterocycles. The van der Waals surface area contributed by atoms with E-state index in [1.165, 1.54) is 24.5 Å². The summed E-state index contributed by atoms with van der Waals surface area (Å²) >= 11 is 0. The quantitative estimate of drug-likeness (QED) is 0.366. The number of hydrogen-bond donors (Lipinski definition) is 1. The van der Waals surface area contributed by atoms with Gasteiger partial charge in [-0.3, -0.25) is 9.29 Å². The molecule has 9 nitrogen and oxygen atoms in total. The summed E-state index contributed by atoms with van der Waals surface area (Å²) in [5.41, 5.74) is 0.332. The van der Waals surface area contributed by atoms with Crippen molar-refractivity contribution in [1.29, 1.82) is 0 Å². The lowest BCUT2D eigenvalue weighted by molar-refractivity contribution is -0.137. The van der Waals surface area contributed by atoms with Crippen LogP contribution >= 0.6 is 0 Å². The fourth-order valence-corrected chi connectivity index (χ4v) is 5.12.